The van der Waals surface area contributed by atoms with E-state index >= 15 is 4.39 Å². The van der Waals surface area contributed by atoms with E-state index in [0.29, 0.717) is 5.89 Å². The van der Waals surface area contributed by atoms with E-state index < -0.39 is 26.6 Å². The number of anilines is 1. The third kappa shape index (κ3) is 4.37. The summed E-state index contributed by atoms with van der Waals surface area (Å²) in [6, 6.07) is 4.05. The average Bonchev–Trinajstić information content (AvgIpc) is 3.42. The first-order valence-corrected chi connectivity index (χ1v) is 12.6. The third-order valence-electron chi connectivity index (χ3n) is 4.28. The number of hydrogen-bond donors (Lipinski definition) is 1. The second-order valence-electron chi connectivity index (χ2n) is 6.87. The minimum atomic E-state index is -3.74. The van der Waals surface area contributed by atoms with Crippen molar-refractivity contribution in [2.45, 2.75) is 23.9 Å². The summed E-state index contributed by atoms with van der Waals surface area (Å²) < 4.78 is 58.3. The number of nitrogens with zero attached hydrogens (tertiary/aromatic N) is 3. The molecule has 2 heterocycles. The molecule has 1 aliphatic carbocycles. The summed E-state index contributed by atoms with van der Waals surface area (Å²) >= 11 is 6.12. The topological polar surface area (TPSA) is 115 Å². The number of oxazole rings is 1. The minimum absolute atomic E-state index is 0.0444. The van der Waals surface area contributed by atoms with Crippen LogP contribution in [0.2, 0.25) is 5.02 Å². The summed E-state index contributed by atoms with van der Waals surface area (Å²) in [6.45, 7) is 0. The van der Waals surface area contributed by atoms with Gasteiger partial charge in [0, 0.05) is 29.0 Å². The van der Waals surface area contributed by atoms with Crippen LogP contribution in [0.3, 0.4) is 0 Å². The fraction of sp³-hybridized carbons (Fsp3) is 0.278. The van der Waals surface area contributed by atoms with Crippen LogP contribution in [0.15, 0.2) is 34.0 Å². The van der Waals surface area contributed by atoms with E-state index in [-0.39, 0.29) is 44.5 Å². The Morgan fingerprint density at radius 2 is 2.03 bits per heavy atom. The lowest BCUT2D eigenvalue weighted by molar-refractivity contribution is 0.507. The zero-order valence-electron chi connectivity index (χ0n) is 15.8. The molecule has 0 bridgehead atoms. The van der Waals surface area contributed by atoms with Gasteiger partial charge in [0.15, 0.2) is 17.5 Å². The van der Waals surface area contributed by atoms with Gasteiger partial charge in [0.25, 0.3) is 0 Å². The van der Waals surface area contributed by atoms with Gasteiger partial charge in [0.1, 0.15) is 11.4 Å². The maximum Gasteiger partial charge on any atom is 0.229 e. The first-order chi connectivity index (χ1) is 14.1. The number of benzene rings is 1. The normalized spacial score (nSPS) is 15.2. The van der Waals surface area contributed by atoms with E-state index in [1.54, 1.807) is 0 Å². The van der Waals surface area contributed by atoms with E-state index in [2.05, 4.69) is 19.7 Å². The van der Waals surface area contributed by atoms with Crippen molar-refractivity contribution in [3.05, 3.63) is 41.1 Å². The van der Waals surface area contributed by atoms with Crippen LogP contribution in [-0.2, 0) is 20.8 Å². The van der Waals surface area contributed by atoms with Gasteiger partial charge >= 0.3 is 0 Å². The van der Waals surface area contributed by atoms with Crippen molar-refractivity contribution in [2.75, 3.05) is 17.2 Å². The van der Waals surface area contributed by atoms with Gasteiger partial charge in [-0.15, -0.1) is 0 Å². The maximum absolute atomic E-state index is 15.2. The molecule has 0 aliphatic heterocycles. The lowest BCUT2D eigenvalue weighted by Gasteiger charge is -2.10. The summed E-state index contributed by atoms with van der Waals surface area (Å²) in [5.41, 5.74) is 0.0543. The molecule has 1 aromatic carbocycles. The lowest BCUT2D eigenvalue weighted by Crippen LogP contribution is -2.11. The van der Waals surface area contributed by atoms with E-state index in [4.69, 9.17) is 16.0 Å². The molecule has 1 saturated carbocycles. The molecular weight excluding hydrogens is 455 g/mol. The summed E-state index contributed by atoms with van der Waals surface area (Å²) in [5, 5.41) is 0.200. The van der Waals surface area contributed by atoms with Crippen molar-refractivity contribution >= 4 is 38.1 Å². The zero-order valence-corrected chi connectivity index (χ0v) is 18.2. The predicted octanol–water partition coefficient (Wildman–Crippen LogP) is 3.58. The quantitative estimate of drug-likeness (QED) is 0.547. The van der Waals surface area contributed by atoms with Gasteiger partial charge in [-0.25, -0.2) is 27.8 Å². The first-order valence-electron chi connectivity index (χ1n) is 8.77. The van der Waals surface area contributed by atoms with Crippen molar-refractivity contribution in [1.82, 2.24) is 15.0 Å². The van der Waals surface area contributed by atoms with Crippen LogP contribution in [-0.4, -0.2) is 40.1 Å². The van der Waals surface area contributed by atoms with Crippen LogP contribution < -0.4 is 4.72 Å². The van der Waals surface area contributed by atoms with Gasteiger partial charge in [-0.3, -0.25) is 8.93 Å². The standard InChI is InChI=1S/C18H16ClFN4O4S2/c1-29(25)18-21-6-5-12(22-18)16-15(23-17(28-16)9-3-4-9)11-7-10(19)8-13(14(11)20)24-30(2,26)27/h5-9,24H,3-4H2,1-2H3. The van der Waals surface area contributed by atoms with E-state index in [1.165, 1.54) is 30.7 Å². The molecule has 2 aromatic heterocycles. The van der Waals surface area contributed by atoms with Crippen LogP contribution in [0.4, 0.5) is 10.1 Å². The first kappa shape index (κ1) is 20.9. The predicted molar refractivity (Wildman–Crippen MR) is 111 cm³/mol. The Bertz CT molecular complexity index is 1280. The van der Waals surface area contributed by atoms with Gasteiger partial charge in [-0.05, 0) is 31.0 Å². The number of sulfonamides is 1. The monoisotopic (exact) mass is 470 g/mol. The second kappa shape index (κ2) is 7.71. The molecule has 8 nitrogen and oxygen atoms in total. The molecule has 1 atom stereocenters. The Hall–Kier alpha value is -2.37. The van der Waals surface area contributed by atoms with Crippen LogP contribution >= 0.6 is 11.6 Å². The Balaban J connectivity index is 1.92. The minimum Gasteiger partial charge on any atom is -0.438 e. The van der Waals surface area contributed by atoms with Gasteiger partial charge in [0.2, 0.25) is 15.2 Å². The van der Waals surface area contributed by atoms with Crippen molar-refractivity contribution in [3.63, 3.8) is 0 Å². The summed E-state index contributed by atoms with van der Waals surface area (Å²) in [7, 11) is -5.17. The smallest absolute Gasteiger partial charge is 0.229 e. The molecule has 0 amide bonds. The Morgan fingerprint density at radius 1 is 1.30 bits per heavy atom. The number of nitrogens with one attached hydrogen (secondary N) is 1. The maximum atomic E-state index is 15.2. The summed E-state index contributed by atoms with van der Waals surface area (Å²) in [6.07, 6.45) is 5.56. The largest absolute Gasteiger partial charge is 0.438 e. The Labute approximate surface area is 179 Å². The molecule has 4 rings (SSSR count). The summed E-state index contributed by atoms with van der Waals surface area (Å²) in [5.74, 6) is -0.141. The molecule has 3 aromatic rings. The van der Waals surface area contributed by atoms with Crippen LogP contribution in [0.5, 0.6) is 0 Å². The Morgan fingerprint density at radius 3 is 2.67 bits per heavy atom. The molecule has 1 N–H and O–H groups in total. The molecule has 158 valence electrons. The van der Waals surface area contributed by atoms with E-state index in [9.17, 15) is 12.6 Å². The number of rotatable bonds is 6. The second-order valence-corrected chi connectivity index (χ2v) is 10.3. The zero-order chi connectivity index (χ0) is 21.6. The fourth-order valence-electron chi connectivity index (χ4n) is 2.84. The fourth-order valence-corrected chi connectivity index (χ4v) is 4.04. The molecule has 0 saturated heterocycles. The number of halogens is 2. The van der Waals surface area contributed by atoms with E-state index in [1.807, 2.05) is 0 Å². The molecule has 12 heteroatoms. The van der Waals surface area contributed by atoms with Gasteiger partial charge in [-0.1, -0.05) is 11.6 Å². The number of hydrogen-bond acceptors (Lipinski definition) is 7. The van der Waals surface area contributed by atoms with Crippen molar-refractivity contribution in [3.8, 4) is 22.7 Å². The third-order valence-corrected chi connectivity index (χ3v) is 5.80. The van der Waals surface area contributed by atoms with Crippen molar-refractivity contribution < 1.29 is 21.4 Å². The molecule has 0 radical (unpaired) electrons. The van der Waals surface area contributed by atoms with Crippen LogP contribution in [0, 0.1) is 5.82 Å². The summed E-state index contributed by atoms with van der Waals surface area (Å²) in [4.78, 5) is 12.7. The molecule has 30 heavy (non-hydrogen) atoms. The van der Waals surface area contributed by atoms with Crippen molar-refractivity contribution in [1.29, 1.82) is 0 Å². The highest BCUT2D eigenvalue weighted by molar-refractivity contribution is 7.92. The van der Waals surface area contributed by atoms with Gasteiger partial charge < -0.3 is 4.42 Å². The van der Waals surface area contributed by atoms with E-state index in [0.717, 1.165) is 19.1 Å². The molecule has 1 fully saturated rings. The SMILES string of the molecule is CS(=O)c1nccc(-c2oc(C3CC3)nc2-c2cc(Cl)cc(NS(C)(=O)=O)c2F)n1. The Kier molecular flexibility index (Phi) is 5.37. The number of aromatic nitrogens is 3. The molecular formula is C18H16ClFN4O4S2. The average molecular weight is 471 g/mol. The lowest BCUT2D eigenvalue weighted by atomic mass is 10.1. The van der Waals surface area contributed by atoms with Gasteiger partial charge in [-0.2, -0.15) is 0 Å². The molecule has 1 aliphatic rings. The highest BCUT2D eigenvalue weighted by Crippen LogP contribution is 2.44. The van der Waals surface area contributed by atoms with Crippen molar-refractivity contribution in [2.24, 2.45) is 0 Å². The van der Waals surface area contributed by atoms with Crippen LogP contribution in [0.25, 0.3) is 22.7 Å². The van der Waals surface area contributed by atoms with Crippen LogP contribution in [0.1, 0.15) is 24.7 Å². The van der Waals surface area contributed by atoms with Gasteiger partial charge in [0.05, 0.1) is 22.7 Å². The highest BCUT2D eigenvalue weighted by Gasteiger charge is 2.32. The molecule has 1 unspecified atom stereocenters. The highest BCUT2D eigenvalue weighted by atomic mass is 35.5. The molecule has 0 spiro atoms.